The fourth-order valence-electron chi connectivity index (χ4n) is 4.61. The highest BCUT2D eigenvalue weighted by atomic mass is 31.2. The van der Waals surface area contributed by atoms with Gasteiger partial charge < -0.3 is 9.84 Å². The van der Waals surface area contributed by atoms with Gasteiger partial charge in [-0.15, -0.1) is 0 Å². The van der Waals surface area contributed by atoms with E-state index in [9.17, 15) is 14.5 Å². The molecule has 0 saturated carbocycles. The van der Waals surface area contributed by atoms with Crippen LogP contribution in [0.3, 0.4) is 0 Å². The van der Waals surface area contributed by atoms with Gasteiger partial charge in [-0.3, -0.25) is 14.2 Å². The summed E-state index contributed by atoms with van der Waals surface area (Å²) in [5.41, 5.74) is 1.44. The smallest absolute Gasteiger partial charge is 0.419 e. The Kier molecular flexibility index (Phi) is 8.08. The Hall–Kier alpha value is -3.44. The van der Waals surface area contributed by atoms with Crippen molar-refractivity contribution in [2.45, 2.75) is 39.3 Å². The van der Waals surface area contributed by atoms with Gasteiger partial charge in [0, 0.05) is 34.2 Å². The number of benzene rings is 3. The lowest BCUT2D eigenvalue weighted by atomic mass is 9.89. The van der Waals surface area contributed by atoms with Crippen LogP contribution in [0.4, 0.5) is 4.79 Å². The van der Waals surface area contributed by atoms with Crippen molar-refractivity contribution in [1.29, 1.82) is 0 Å². The lowest BCUT2D eigenvalue weighted by Crippen LogP contribution is -2.35. The molecule has 198 valence electrons. The largest absolute Gasteiger partial charge is 0.443 e. The van der Waals surface area contributed by atoms with Crippen LogP contribution >= 0.6 is 7.29 Å². The van der Waals surface area contributed by atoms with Crippen molar-refractivity contribution in [2.75, 3.05) is 6.61 Å². The maximum atomic E-state index is 15.0. The third kappa shape index (κ3) is 5.68. The molecule has 0 aliphatic rings. The first-order valence-corrected chi connectivity index (χ1v) is 14.3. The zero-order valence-electron chi connectivity index (χ0n) is 22.3. The van der Waals surface area contributed by atoms with Gasteiger partial charge in [-0.1, -0.05) is 66.7 Å². The van der Waals surface area contributed by atoms with Crippen LogP contribution in [-0.4, -0.2) is 28.0 Å². The molecule has 1 heterocycles. The van der Waals surface area contributed by atoms with Gasteiger partial charge >= 0.3 is 6.09 Å². The molecule has 6 nitrogen and oxygen atoms in total. The summed E-state index contributed by atoms with van der Waals surface area (Å²) in [5, 5.41) is 16.1. The van der Waals surface area contributed by atoms with E-state index in [1.807, 2.05) is 113 Å². The molecule has 0 aliphatic carbocycles. The van der Waals surface area contributed by atoms with Crippen molar-refractivity contribution >= 4 is 34.9 Å². The summed E-state index contributed by atoms with van der Waals surface area (Å²) in [6.45, 7) is 11.2. The molecule has 0 amide bonds. The van der Waals surface area contributed by atoms with E-state index >= 15 is 0 Å². The fraction of sp³-hybridized carbons (Fsp3) is 0.258. The number of fused-ring (bicyclic) bond motifs is 1. The predicted molar refractivity (Wildman–Crippen MR) is 155 cm³/mol. The minimum atomic E-state index is -3.41. The number of nitrogens with one attached hydrogen (secondary N) is 1. The van der Waals surface area contributed by atoms with Gasteiger partial charge in [0.15, 0.2) is 0 Å². The zero-order chi connectivity index (χ0) is 27.5. The van der Waals surface area contributed by atoms with Crippen LogP contribution in [0.15, 0.2) is 103 Å². The van der Waals surface area contributed by atoms with Crippen LogP contribution in [0.2, 0.25) is 0 Å². The van der Waals surface area contributed by atoms with Gasteiger partial charge in [0.25, 0.3) is 0 Å². The van der Waals surface area contributed by atoms with Crippen LogP contribution < -0.4 is 15.7 Å². The molecule has 0 fully saturated rings. The van der Waals surface area contributed by atoms with Gasteiger partial charge in [-0.2, -0.15) is 0 Å². The molecular formula is C31H35N2O4P. The minimum Gasteiger partial charge on any atom is -0.443 e. The maximum absolute atomic E-state index is 15.0. The second-order valence-corrected chi connectivity index (χ2v) is 13.0. The summed E-state index contributed by atoms with van der Waals surface area (Å²) in [4.78, 5) is 13.2. The predicted octanol–water partition coefficient (Wildman–Crippen LogP) is 6.17. The van der Waals surface area contributed by atoms with Crippen LogP contribution in [-0.2, 0) is 9.30 Å². The van der Waals surface area contributed by atoms with Gasteiger partial charge in [0.05, 0.1) is 12.1 Å². The Balaban J connectivity index is 1.93. The van der Waals surface area contributed by atoms with Gasteiger partial charge in [0.2, 0.25) is 7.29 Å². The molecule has 4 aromatic rings. The van der Waals surface area contributed by atoms with E-state index < -0.39 is 30.9 Å². The van der Waals surface area contributed by atoms with E-state index in [4.69, 9.17) is 4.74 Å². The lowest BCUT2D eigenvalue weighted by molar-refractivity contribution is 0.0544. The highest BCUT2D eigenvalue weighted by molar-refractivity contribution is 7.76. The maximum Gasteiger partial charge on any atom is 0.419 e. The SMILES string of the molecule is C=C(C)C(CO)C(NP(=O)(c1ccccc1)c1ccccc1)c1cn(C(=O)OC(C)(C)C)c2ccccc12. The number of hydrogen-bond donors (Lipinski definition) is 2. The van der Waals surface area contributed by atoms with Crippen LogP contribution in [0.1, 0.15) is 39.3 Å². The van der Waals surface area contributed by atoms with Crippen molar-refractivity contribution in [3.05, 3.63) is 109 Å². The molecule has 0 radical (unpaired) electrons. The number of aliphatic hydroxyl groups is 1. The van der Waals surface area contributed by atoms with Gasteiger partial charge in [-0.05, 0) is 63.6 Å². The quantitative estimate of drug-likeness (QED) is 0.210. The van der Waals surface area contributed by atoms with Gasteiger partial charge in [-0.25, -0.2) is 4.79 Å². The van der Waals surface area contributed by atoms with E-state index in [1.165, 1.54) is 4.57 Å². The van der Waals surface area contributed by atoms with Crippen LogP contribution in [0.25, 0.3) is 10.9 Å². The normalized spacial score (nSPS) is 13.7. The fourth-order valence-corrected chi connectivity index (χ4v) is 7.10. The molecule has 0 aliphatic heterocycles. The van der Waals surface area contributed by atoms with Crippen molar-refractivity contribution in [1.82, 2.24) is 9.65 Å². The third-order valence-electron chi connectivity index (χ3n) is 6.46. The zero-order valence-corrected chi connectivity index (χ0v) is 23.2. The second-order valence-electron chi connectivity index (χ2n) is 10.5. The highest BCUT2D eigenvalue weighted by Gasteiger charge is 2.36. The number of aliphatic hydroxyl groups excluding tert-OH is 1. The molecule has 0 saturated heterocycles. The third-order valence-corrected chi connectivity index (χ3v) is 9.15. The number of nitrogens with zero attached hydrogens (tertiary/aromatic N) is 1. The number of carbonyl (C=O) groups is 1. The van der Waals surface area contributed by atoms with Crippen molar-refractivity contribution < 1.29 is 19.2 Å². The van der Waals surface area contributed by atoms with E-state index in [2.05, 4.69) is 11.7 Å². The van der Waals surface area contributed by atoms with Crippen molar-refractivity contribution in [2.24, 2.45) is 5.92 Å². The molecule has 0 bridgehead atoms. The Morgan fingerprint density at radius 2 is 1.50 bits per heavy atom. The first-order chi connectivity index (χ1) is 18.0. The highest BCUT2D eigenvalue weighted by Crippen LogP contribution is 2.45. The summed E-state index contributed by atoms with van der Waals surface area (Å²) in [6.07, 6.45) is 1.21. The first-order valence-electron chi connectivity index (χ1n) is 12.6. The molecular weight excluding hydrogens is 495 g/mol. The summed E-state index contributed by atoms with van der Waals surface area (Å²) in [7, 11) is -3.41. The summed E-state index contributed by atoms with van der Waals surface area (Å²) in [6, 6.07) is 25.5. The Labute approximate surface area is 224 Å². The first kappa shape index (κ1) is 27.6. The van der Waals surface area contributed by atoms with Crippen LogP contribution in [0, 0.1) is 5.92 Å². The number of rotatable bonds is 8. The van der Waals surface area contributed by atoms with E-state index in [0.717, 1.165) is 16.5 Å². The standard InChI is InChI=1S/C31H35N2O4P/c1-22(2)27(21-34)29(32-38(36,23-14-8-6-9-15-23)24-16-10-7-11-17-24)26-20-33(30(35)37-31(3,4)5)28-19-13-12-18-25(26)28/h6-20,27,29,34H,1,21H2,2-5H3,(H,32,36). The molecule has 0 spiro atoms. The monoisotopic (exact) mass is 530 g/mol. The average Bonchev–Trinajstić information content (AvgIpc) is 3.28. The Morgan fingerprint density at radius 3 is 2.00 bits per heavy atom. The minimum absolute atomic E-state index is 0.220. The Morgan fingerprint density at radius 1 is 0.974 bits per heavy atom. The van der Waals surface area contributed by atoms with Gasteiger partial charge in [0.1, 0.15) is 5.60 Å². The Bertz CT molecular complexity index is 1430. The van der Waals surface area contributed by atoms with E-state index in [0.29, 0.717) is 16.1 Å². The molecule has 2 unspecified atom stereocenters. The number of para-hydroxylation sites is 1. The van der Waals surface area contributed by atoms with Crippen LogP contribution in [0.5, 0.6) is 0 Å². The lowest BCUT2D eigenvalue weighted by Gasteiger charge is -2.32. The van der Waals surface area contributed by atoms with E-state index in [-0.39, 0.29) is 6.61 Å². The van der Waals surface area contributed by atoms with Crippen molar-refractivity contribution in [3.63, 3.8) is 0 Å². The van der Waals surface area contributed by atoms with E-state index in [1.54, 1.807) is 6.20 Å². The molecule has 4 rings (SSSR count). The second kappa shape index (κ2) is 11.1. The number of ether oxygens (including phenoxy) is 1. The van der Waals surface area contributed by atoms with Crippen molar-refractivity contribution in [3.8, 4) is 0 Å². The molecule has 38 heavy (non-hydrogen) atoms. The molecule has 3 aromatic carbocycles. The molecule has 2 atom stereocenters. The summed E-state index contributed by atoms with van der Waals surface area (Å²) < 4.78 is 22.1. The molecule has 2 N–H and O–H groups in total. The topological polar surface area (TPSA) is 80.6 Å². The molecule has 1 aromatic heterocycles. The summed E-state index contributed by atoms with van der Waals surface area (Å²) in [5.74, 6) is -0.478. The number of hydrogen-bond acceptors (Lipinski definition) is 4. The number of aromatic nitrogens is 1. The average molecular weight is 531 g/mol. The number of carbonyl (C=O) groups excluding carboxylic acids is 1. The molecule has 7 heteroatoms. The summed E-state index contributed by atoms with van der Waals surface area (Å²) >= 11 is 0.